The predicted octanol–water partition coefficient (Wildman–Crippen LogP) is 1.93. The van der Waals surface area contributed by atoms with E-state index in [9.17, 15) is 9.59 Å². The molecule has 1 fully saturated rings. The van der Waals surface area contributed by atoms with Gasteiger partial charge in [-0.3, -0.25) is 9.59 Å². The van der Waals surface area contributed by atoms with Crippen molar-refractivity contribution in [1.29, 1.82) is 0 Å². The first kappa shape index (κ1) is 16.5. The summed E-state index contributed by atoms with van der Waals surface area (Å²) in [7, 11) is 1.60. The third-order valence-corrected chi connectivity index (χ3v) is 4.52. The molecule has 0 radical (unpaired) electrons. The van der Waals surface area contributed by atoms with Crippen LogP contribution in [0.5, 0.6) is 0 Å². The molecule has 128 valence electrons. The van der Waals surface area contributed by atoms with Crippen LogP contribution in [0.3, 0.4) is 0 Å². The second kappa shape index (κ2) is 7.49. The number of amides is 2. The number of aromatic amines is 1. The van der Waals surface area contributed by atoms with E-state index in [1.807, 2.05) is 35.4 Å². The van der Waals surface area contributed by atoms with Crippen molar-refractivity contribution in [3.8, 4) is 0 Å². The molecule has 3 rings (SSSR count). The lowest BCUT2D eigenvalue weighted by molar-refractivity contribution is -0.133. The highest BCUT2D eigenvalue weighted by molar-refractivity contribution is 5.98. The van der Waals surface area contributed by atoms with Crippen LogP contribution in [0.25, 0.3) is 10.9 Å². The van der Waals surface area contributed by atoms with Gasteiger partial charge < -0.3 is 19.9 Å². The van der Waals surface area contributed by atoms with Crippen molar-refractivity contribution in [1.82, 2.24) is 15.2 Å². The number of benzene rings is 1. The van der Waals surface area contributed by atoms with Crippen LogP contribution in [0.15, 0.2) is 30.5 Å². The second-order valence-corrected chi connectivity index (χ2v) is 6.15. The normalized spacial score (nSPS) is 15.6. The Bertz CT molecular complexity index is 717. The predicted molar refractivity (Wildman–Crippen MR) is 91.9 cm³/mol. The van der Waals surface area contributed by atoms with E-state index in [0.29, 0.717) is 31.7 Å². The van der Waals surface area contributed by atoms with Gasteiger partial charge in [-0.25, -0.2) is 0 Å². The van der Waals surface area contributed by atoms with Crippen molar-refractivity contribution in [2.45, 2.75) is 25.3 Å². The SMILES string of the molecule is COCCC(=O)N1CCC(NC(=O)c2ccc3cc[nH]c3c2)CC1. The molecule has 2 aromatic rings. The summed E-state index contributed by atoms with van der Waals surface area (Å²) in [6.07, 6.45) is 3.86. The molecule has 6 nitrogen and oxygen atoms in total. The zero-order chi connectivity index (χ0) is 16.9. The zero-order valence-corrected chi connectivity index (χ0v) is 13.9. The number of piperidine rings is 1. The summed E-state index contributed by atoms with van der Waals surface area (Å²) in [6.45, 7) is 1.82. The minimum atomic E-state index is -0.0596. The van der Waals surface area contributed by atoms with Gasteiger partial charge in [-0.1, -0.05) is 6.07 Å². The van der Waals surface area contributed by atoms with Gasteiger partial charge in [0.25, 0.3) is 5.91 Å². The molecular formula is C18H23N3O3. The van der Waals surface area contributed by atoms with E-state index in [0.717, 1.165) is 23.7 Å². The summed E-state index contributed by atoms with van der Waals surface area (Å²) < 4.78 is 4.94. The van der Waals surface area contributed by atoms with E-state index in [1.54, 1.807) is 7.11 Å². The molecule has 0 atom stereocenters. The number of likely N-dealkylation sites (tertiary alicyclic amines) is 1. The quantitative estimate of drug-likeness (QED) is 0.880. The average molecular weight is 329 g/mol. The molecule has 24 heavy (non-hydrogen) atoms. The summed E-state index contributed by atoms with van der Waals surface area (Å²) in [5.74, 6) is 0.0643. The topological polar surface area (TPSA) is 74.4 Å². The molecule has 1 aliphatic rings. The van der Waals surface area contributed by atoms with Gasteiger partial charge in [0.2, 0.25) is 5.91 Å². The van der Waals surface area contributed by atoms with Crippen LogP contribution in [0.1, 0.15) is 29.6 Å². The first-order valence-corrected chi connectivity index (χ1v) is 8.32. The Balaban J connectivity index is 1.52. The standard InChI is InChI=1S/C18H23N3O3/c1-24-11-7-17(22)21-9-5-15(6-10-21)20-18(23)14-3-2-13-4-8-19-16(13)12-14/h2-4,8,12,15,19H,5-7,9-11H2,1H3,(H,20,23). The van der Waals surface area contributed by atoms with E-state index in [1.165, 1.54) is 0 Å². The number of fused-ring (bicyclic) bond motifs is 1. The third-order valence-electron chi connectivity index (χ3n) is 4.52. The highest BCUT2D eigenvalue weighted by atomic mass is 16.5. The fraction of sp³-hybridized carbons (Fsp3) is 0.444. The van der Waals surface area contributed by atoms with Crippen LogP contribution in [-0.4, -0.2) is 54.5 Å². The second-order valence-electron chi connectivity index (χ2n) is 6.15. The molecule has 1 aromatic carbocycles. The summed E-state index contributed by atoms with van der Waals surface area (Å²) in [6, 6.07) is 7.75. The summed E-state index contributed by atoms with van der Waals surface area (Å²) in [4.78, 5) is 29.3. The van der Waals surface area contributed by atoms with Gasteiger partial charge in [-0.05, 0) is 36.4 Å². The van der Waals surface area contributed by atoms with Gasteiger partial charge in [0.1, 0.15) is 0 Å². The molecule has 2 amide bonds. The van der Waals surface area contributed by atoms with Crippen molar-refractivity contribution in [2.75, 3.05) is 26.8 Å². The van der Waals surface area contributed by atoms with Crippen molar-refractivity contribution < 1.29 is 14.3 Å². The van der Waals surface area contributed by atoms with E-state index in [2.05, 4.69) is 10.3 Å². The highest BCUT2D eigenvalue weighted by Gasteiger charge is 2.23. The summed E-state index contributed by atoms with van der Waals surface area (Å²) in [5, 5.41) is 4.17. The Morgan fingerprint density at radius 3 is 2.83 bits per heavy atom. The van der Waals surface area contributed by atoms with Gasteiger partial charge in [-0.15, -0.1) is 0 Å². The molecule has 2 heterocycles. The third kappa shape index (κ3) is 3.76. The summed E-state index contributed by atoms with van der Waals surface area (Å²) in [5.41, 5.74) is 1.62. The van der Waals surface area contributed by atoms with Crippen molar-refractivity contribution >= 4 is 22.7 Å². The number of rotatable bonds is 5. The van der Waals surface area contributed by atoms with Crippen molar-refractivity contribution in [3.05, 3.63) is 36.0 Å². The van der Waals surface area contributed by atoms with E-state index in [4.69, 9.17) is 4.74 Å². The van der Waals surface area contributed by atoms with Crippen molar-refractivity contribution in [3.63, 3.8) is 0 Å². The maximum absolute atomic E-state index is 12.4. The molecule has 0 spiro atoms. The Kier molecular flexibility index (Phi) is 5.15. The summed E-state index contributed by atoms with van der Waals surface area (Å²) >= 11 is 0. The number of nitrogens with one attached hydrogen (secondary N) is 2. The fourth-order valence-corrected chi connectivity index (χ4v) is 3.08. The molecule has 0 bridgehead atoms. The molecule has 0 aliphatic carbocycles. The smallest absolute Gasteiger partial charge is 0.251 e. The first-order chi connectivity index (χ1) is 11.7. The van der Waals surface area contributed by atoms with E-state index in [-0.39, 0.29) is 17.9 Å². The minimum Gasteiger partial charge on any atom is -0.384 e. The zero-order valence-electron chi connectivity index (χ0n) is 13.9. The Labute approximate surface area is 141 Å². The fourth-order valence-electron chi connectivity index (χ4n) is 3.08. The van der Waals surface area contributed by atoms with Crippen LogP contribution >= 0.6 is 0 Å². The van der Waals surface area contributed by atoms with Crippen LogP contribution < -0.4 is 5.32 Å². The Morgan fingerprint density at radius 2 is 2.08 bits per heavy atom. The molecule has 6 heteroatoms. The highest BCUT2D eigenvalue weighted by Crippen LogP contribution is 2.16. The van der Waals surface area contributed by atoms with Gasteiger partial charge in [0.15, 0.2) is 0 Å². The Morgan fingerprint density at radius 1 is 1.29 bits per heavy atom. The molecule has 1 aliphatic heterocycles. The van der Waals surface area contributed by atoms with Crippen LogP contribution in [-0.2, 0) is 9.53 Å². The lowest BCUT2D eigenvalue weighted by Crippen LogP contribution is -2.46. The molecule has 0 unspecified atom stereocenters. The average Bonchev–Trinajstić information content (AvgIpc) is 3.08. The molecule has 1 aromatic heterocycles. The largest absolute Gasteiger partial charge is 0.384 e. The van der Waals surface area contributed by atoms with Crippen LogP contribution in [0.4, 0.5) is 0 Å². The first-order valence-electron chi connectivity index (χ1n) is 8.32. The van der Waals surface area contributed by atoms with Crippen LogP contribution in [0, 0.1) is 0 Å². The molecule has 0 saturated carbocycles. The lowest BCUT2D eigenvalue weighted by atomic mass is 10.0. The number of aromatic nitrogens is 1. The number of nitrogens with zero attached hydrogens (tertiary/aromatic N) is 1. The number of hydrogen-bond acceptors (Lipinski definition) is 3. The number of carbonyl (C=O) groups is 2. The monoisotopic (exact) mass is 329 g/mol. The van der Waals surface area contributed by atoms with E-state index < -0.39 is 0 Å². The lowest BCUT2D eigenvalue weighted by Gasteiger charge is -2.32. The number of hydrogen-bond donors (Lipinski definition) is 2. The Hall–Kier alpha value is -2.34. The number of ether oxygens (including phenoxy) is 1. The van der Waals surface area contributed by atoms with Gasteiger partial charge in [0.05, 0.1) is 13.0 Å². The van der Waals surface area contributed by atoms with Crippen molar-refractivity contribution in [2.24, 2.45) is 0 Å². The number of H-pyrrole nitrogens is 1. The van der Waals surface area contributed by atoms with E-state index >= 15 is 0 Å². The molecule has 2 N–H and O–H groups in total. The van der Waals surface area contributed by atoms with Gasteiger partial charge in [0, 0.05) is 43.5 Å². The maximum atomic E-state index is 12.4. The van der Waals surface area contributed by atoms with Gasteiger partial charge in [-0.2, -0.15) is 0 Å². The number of methoxy groups -OCH3 is 1. The maximum Gasteiger partial charge on any atom is 0.251 e. The number of carbonyl (C=O) groups excluding carboxylic acids is 2. The van der Waals surface area contributed by atoms with Gasteiger partial charge >= 0.3 is 0 Å². The molecule has 1 saturated heterocycles. The van der Waals surface area contributed by atoms with Crippen LogP contribution in [0.2, 0.25) is 0 Å². The minimum absolute atomic E-state index is 0.0596. The molecular weight excluding hydrogens is 306 g/mol.